The van der Waals surface area contributed by atoms with Crippen molar-refractivity contribution in [1.29, 1.82) is 0 Å². The summed E-state index contributed by atoms with van der Waals surface area (Å²) in [5, 5.41) is 3.11. The lowest BCUT2D eigenvalue weighted by atomic mass is 10.0. The van der Waals surface area contributed by atoms with Crippen molar-refractivity contribution in [3.8, 4) is 0 Å². The highest BCUT2D eigenvalue weighted by Gasteiger charge is 2.21. The van der Waals surface area contributed by atoms with Crippen molar-refractivity contribution >= 4 is 11.6 Å². The molecule has 2 aromatic carbocycles. The fourth-order valence-corrected chi connectivity index (χ4v) is 2.72. The monoisotopic (exact) mass is 334 g/mol. The van der Waals surface area contributed by atoms with Crippen molar-refractivity contribution in [2.24, 2.45) is 7.05 Å². The maximum Gasteiger partial charge on any atom is 0.252 e. The van der Waals surface area contributed by atoms with Gasteiger partial charge < -0.3 is 14.8 Å². The van der Waals surface area contributed by atoms with E-state index in [2.05, 4.69) is 10.3 Å². The molecule has 3 rings (SSSR count). The third kappa shape index (κ3) is 3.71. The zero-order valence-corrected chi connectivity index (χ0v) is 14.7. The van der Waals surface area contributed by atoms with Gasteiger partial charge in [-0.3, -0.25) is 4.79 Å². The van der Waals surface area contributed by atoms with Gasteiger partial charge >= 0.3 is 0 Å². The molecule has 1 N–H and O–H groups in total. The summed E-state index contributed by atoms with van der Waals surface area (Å²) in [7, 11) is 5.93. The van der Waals surface area contributed by atoms with Crippen LogP contribution in [0.25, 0.3) is 0 Å². The SMILES string of the molecule is CN(C)c1ccc(C(NC(=O)c2ccccc2)c2nccn2C)cc1. The van der Waals surface area contributed by atoms with E-state index in [0.29, 0.717) is 5.56 Å². The highest BCUT2D eigenvalue weighted by Crippen LogP contribution is 2.23. The summed E-state index contributed by atoms with van der Waals surface area (Å²) in [6.45, 7) is 0. The van der Waals surface area contributed by atoms with E-state index in [4.69, 9.17) is 0 Å². The van der Waals surface area contributed by atoms with Crippen molar-refractivity contribution in [1.82, 2.24) is 14.9 Å². The molecule has 1 heterocycles. The van der Waals surface area contributed by atoms with Crippen LogP contribution in [0.2, 0.25) is 0 Å². The Balaban J connectivity index is 1.93. The second kappa shape index (κ2) is 7.21. The molecular formula is C20H22N4O. The topological polar surface area (TPSA) is 50.2 Å². The number of nitrogens with one attached hydrogen (secondary N) is 1. The summed E-state index contributed by atoms with van der Waals surface area (Å²) in [5.74, 6) is 0.673. The fourth-order valence-electron chi connectivity index (χ4n) is 2.72. The molecule has 25 heavy (non-hydrogen) atoms. The Kier molecular flexibility index (Phi) is 4.84. The van der Waals surface area contributed by atoms with Crippen LogP contribution in [0.4, 0.5) is 5.69 Å². The Labute approximate surface area is 147 Å². The molecule has 0 aliphatic carbocycles. The van der Waals surface area contributed by atoms with Crippen molar-refractivity contribution in [2.75, 3.05) is 19.0 Å². The summed E-state index contributed by atoms with van der Waals surface area (Å²) in [6.07, 6.45) is 3.62. The molecule has 0 radical (unpaired) electrons. The van der Waals surface area contributed by atoms with Gasteiger partial charge in [0.25, 0.3) is 5.91 Å². The number of benzene rings is 2. The number of aromatic nitrogens is 2. The standard InChI is InChI=1S/C20H22N4O/c1-23(2)17-11-9-15(10-12-17)18(19-21-13-14-24(19)3)22-20(25)16-7-5-4-6-8-16/h4-14,18H,1-3H3,(H,22,25). The molecule has 3 aromatic rings. The maximum atomic E-state index is 12.7. The van der Waals surface area contributed by atoms with E-state index in [9.17, 15) is 4.79 Å². The molecule has 0 fully saturated rings. The van der Waals surface area contributed by atoms with Gasteiger partial charge in [0.1, 0.15) is 11.9 Å². The van der Waals surface area contributed by atoms with Crippen LogP contribution < -0.4 is 10.2 Å². The third-order valence-corrected chi connectivity index (χ3v) is 4.17. The van der Waals surface area contributed by atoms with E-state index >= 15 is 0 Å². The van der Waals surface area contributed by atoms with Gasteiger partial charge in [-0.05, 0) is 29.8 Å². The summed E-state index contributed by atoms with van der Waals surface area (Å²) in [4.78, 5) is 19.1. The van der Waals surface area contributed by atoms with Crippen LogP contribution in [0, 0.1) is 0 Å². The molecule has 5 nitrogen and oxygen atoms in total. The average Bonchev–Trinajstić information content (AvgIpc) is 3.06. The van der Waals surface area contributed by atoms with E-state index in [0.717, 1.165) is 17.1 Å². The highest BCUT2D eigenvalue weighted by atomic mass is 16.1. The number of hydrogen-bond donors (Lipinski definition) is 1. The van der Waals surface area contributed by atoms with Crippen molar-refractivity contribution in [3.05, 3.63) is 83.9 Å². The second-order valence-corrected chi connectivity index (χ2v) is 6.15. The maximum absolute atomic E-state index is 12.7. The van der Waals surface area contributed by atoms with Crippen LogP contribution in [0.15, 0.2) is 67.0 Å². The van der Waals surface area contributed by atoms with Crippen LogP contribution in [0.3, 0.4) is 0 Å². The minimum atomic E-state index is -0.316. The van der Waals surface area contributed by atoms with Crippen LogP contribution >= 0.6 is 0 Å². The largest absolute Gasteiger partial charge is 0.378 e. The van der Waals surface area contributed by atoms with Gasteiger partial charge in [0, 0.05) is 44.8 Å². The van der Waals surface area contributed by atoms with Gasteiger partial charge in [-0.25, -0.2) is 4.98 Å². The van der Waals surface area contributed by atoms with Crippen LogP contribution in [0.1, 0.15) is 27.8 Å². The lowest BCUT2D eigenvalue weighted by molar-refractivity contribution is 0.0941. The van der Waals surface area contributed by atoms with E-state index in [1.807, 2.05) is 79.3 Å². The molecule has 1 unspecified atom stereocenters. The summed E-state index contributed by atoms with van der Waals surface area (Å²) in [5.41, 5.74) is 2.73. The molecule has 0 saturated carbocycles. The van der Waals surface area contributed by atoms with Crippen LogP contribution in [-0.4, -0.2) is 29.6 Å². The van der Waals surface area contributed by atoms with Gasteiger partial charge in [0.2, 0.25) is 0 Å². The number of rotatable bonds is 5. The minimum absolute atomic E-state index is 0.120. The summed E-state index contributed by atoms with van der Waals surface area (Å²) >= 11 is 0. The Hall–Kier alpha value is -3.08. The molecule has 1 amide bonds. The lowest BCUT2D eigenvalue weighted by Crippen LogP contribution is -2.31. The van der Waals surface area contributed by atoms with Crippen molar-refractivity contribution < 1.29 is 4.79 Å². The van der Waals surface area contributed by atoms with Crippen molar-refractivity contribution in [3.63, 3.8) is 0 Å². The third-order valence-electron chi connectivity index (χ3n) is 4.17. The Bertz CT molecular complexity index is 838. The number of anilines is 1. The predicted molar refractivity (Wildman–Crippen MR) is 99.7 cm³/mol. The lowest BCUT2D eigenvalue weighted by Gasteiger charge is -2.20. The van der Waals surface area contributed by atoms with Crippen LogP contribution in [0.5, 0.6) is 0 Å². The number of nitrogens with zero attached hydrogens (tertiary/aromatic N) is 3. The summed E-state index contributed by atoms with van der Waals surface area (Å²) < 4.78 is 1.93. The highest BCUT2D eigenvalue weighted by molar-refractivity contribution is 5.94. The molecule has 128 valence electrons. The number of amides is 1. The van der Waals surface area contributed by atoms with Gasteiger partial charge in [-0.15, -0.1) is 0 Å². The Morgan fingerprint density at radius 3 is 2.32 bits per heavy atom. The Morgan fingerprint density at radius 1 is 1.08 bits per heavy atom. The van der Waals surface area contributed by atoms with E-state index in [1.165, 1.54) is 0 Å². The predicted octanol–water partition coefficient (Wildman–Crippen LogP) is 3.01. The number of aryl methyl sites for hydroxylation is 1. The first-order valence-corrected chi connectivity index (χ1v) is 8.16. The van der Waals surface area contributed by atoms with Gasteiger partial charge in [0.15, 0.2) is 0 Å². The van der Waals surface area contributed by atoms with Crippen molar-refractivity contribution in [2.45, 2.75) is 6.04 Å². The molecule has 5 heteroatoms. The van der Waals surface area contributed by atoms with Crippen LogP contribution in [-0.2, 0) is 7.05 Å². The van der Waals surface area contributed by atoms with Gasteiger partial charge in [-0.1, -0.05) is 30.3 Å². The van der Waals surface area contributed by atoms with Gasteiger partial charge in [0.05, 0.1) is 0 Å². The zero-order valence-electron chi connectivity index (χ0n) is 14.7. The molecule has 0 saturated heterocycles. The van der Waals surface area contributed by atoms with E-state index < -0.39 is 0 Å². The first-order chi connectivity index (χ1) is 12.1. The molecule has 1 atom stereocenters. The molecule has 0 aliphatic heterocycles. The first kappa shape index (κ1) is 16.8. The molecule has 0 bridgehead atoms. The normalized spacial score (nSPS) is 11.8. The zero-order chi connectivity index (χ0) is 17.8. The van der Waals surface area contributed by atoms with E-state index in [1.54, 1.807) is 18.3 Å². The molecule has 1 aromatic heterocycles. The second-order valence-electron chi connectivity index (χ2n) is 6.15. The number of carbonyl (C=O) groups excluding carboxylic acids is 1. The fraction of sp³-hybridized carbons (Fsp3) is 0.200. The van der Waals surface area contributed by atoms with E-state index in [-0.39, 0.29) is 11.9 Å². The molecule has 0 spiro atoms. The quantitative estimate of drug-likeness (QED) is 0.780. The number of imidazole rings is 1. The first-order valence-electron chi connectivity index (χ1n) is 8.16. The summed E-state index contributed by atoms with van der Waals surface area (Å²) in [6, 6.07) is 17.0. The number of hydrogen-bond acceptors (Lipinski definition) is 3. The van der Waals surface area contributed by atoms with Gasteiger partial charge in [-0.2, -0.15) is 0 Å². The number of carbonyl (C=O) groups is 1. The molecular weight excluding hydrogens is 312 g/mol. The molecule has 0 aliphatic rings. The average molecular weight is 334 g/mol. The Morgan fingerprint density at radius 2 is 1.76 bits per heavy atom. The smallest absolute Gasteiger partial charge is 0.252 e. The minimum Gasteiger partial charge on any atom is -0.378 e.